The molecule has 94 valence electrons. The molecule has 2 rings (SSSR count). The van der Waals surface area contributed by atoms with E-state index in [1.807, 2.05) is 4.57 Å². The fourth-order valence-corrected chi connectivity index (χ4v) is 2.92. The van der Waals surface area contributed by atoms with Gasteiger partial charge in [0.25, 0.3) is 0 Å². The average Bonchev–Trinajstić information content (AvgIpc) is 2.95. The Hall–Kier alpha value is -1.04. The number of nitrogens with zero attached hydrogens (tertiary/aromatic N) is 3. The number of rotatable bonds is 6. The van der Waals surface area contributed by atoms with Crippen molar-refractivity contribution in [1.82, 2.24) is 14.8 Å². The Kier molecular flexibility index (Phi) is 4.42. The lowest BCUT2D eigenvalue weighted by molar-refractivity contribution is -0.133. The molecular weight excluding hydrogens is 238 g/mol. The van der Waals surface area contributed by atoms with Crippen LogP contribution >= 0.6 is 11.8 Å². The predicted octanol–water partition coefficient (Wildman–Crippen LogP) is 2.04. The summed E-state index contributed by atoms with van der Waals surface area (Å²) in [6.07, 6.45) is 8.22. The van der Waals surface area contributed by atoms with Crippen molar-refractivity contribution in [1.29, 1.82) is 0 Å². The van der Waals surface area contributed by atoms with Crippen LogP contribution in [-0.2, 0) is 11.3 Å². The van der Waals surface area contributed by atoms with Gasteiger partial charge in [-0.3, -0.25) is 4.79 Å². The van der Waals surface area contributed by atoms with Gasteiger partial charge in [0.1, 0.15) is 6.33 Å². The van der Waals surface area contributed by atoms with Crippen LogP contribution in [-0.4, -0.2) is 31.6 Å². The maximum Gasteiger partial charge on any atom is 0.313 e. The number of carboxylic acid groups (broad SMARTS) is 1. The van der Waals surface area contributed by atoms with Gasteiger partial charge in [0.15, 0.2) is 5.16 Å². The second-order valence-electron chi connectivity index (χ2n) is 4.43. The molecular formula is C11H17N3O2S. The van der Waals surface area contributed by atoms with Gasteiger partial charge in [-0.05, 0) is 12.3 Å². The molecule has 0 atom stereocenters. The van der Waals surface area contributed by atoms with E-state index in [1.165, 1.54) is 37.4 Å². The van der Waals surface area contributed by atoms with Crippen LogP contribution in [0.1, 0.15) is 32.1 Å². The quantitative estimate of drug-likeness (QED) is 0.788. The van der Waals surface area contributed by atoms with Crippen molar-refractivity contribution >= 4 is 17.7 Å². The van der Waals surface area contributed by atoms with E-state index in [0.717, 1.165) is 18.9 Å². The summed E-state index contributed by atoms with van der Waals surface area (Å²) in [5.41, 5.74) is 0. The van der Waals surface area contributed by atoms with Crippen LogP contribution in [0.3, 0.4) is 0 Å². The Labute approximate surface area is 105 Å². The lowest BCUT2D eigenvalue weighted by atomic mass is 10.0. The van der Waals surface area contributed by atoms with Crippen LogP contribution in [0.2, 0.25) is 0 Å². The molecule has 17 heavy (non-hydrogen) atoms. The first-order chi connectivity index (χ1) is 8.25. The van der Waals surface area contributed by atoms with Gasteiger partial charge in [0, 0.05) is 6.54 Å². The maximum atomic E-state index is 10.5. The van der Waals surface area contributed by atoms with Crippen LogP contribution < -0.4 is 0 Å². The van der Waals surface area contributed by atoms with Gasteiger partial charge in [0.05, 0.1) is 5.75 Å². The molecule has 0 aliphatic heterocycles. The van der Waals surface area contributed by atoms with Crippen molar-refractivity contribution < 1.29 is 9.90 Å². The van der Waals surface area contributed by atoms with E-state index in [0.29, 0.717) is 5.16 Å². The fraction of sp³-hybridized carbons (Fsp3) is 0.727. The topological polar surface area (TPSA) is 68.0 Å². The molecule has 5 nitrogen and oxygen atoms in total. The third-order valence-corrected chi connectivity index (χ3v) is 4.12. The summed E-state index contributed by atoms with van der Waals surface area (Å²) < 4.78 is 1.96. The van der Waals surface area contributed by atoms with E-state index in [9.17, 15) is 4.79 Å². The van der Waals surface area contributed by atoms with Crippen molar-refractivity contribution in [3.05, 3.63) is 6.33 Å². The standard InChI is InChI=1S/C11H17N3O2S/c15-10(16)7-17-11-13-12-8-14(11)6-5-9-3-1-2-4-9/h8-9H,1-7H2,(H,15,16). The third kappa shape index (κ3) is 3.73. The smallest absolute Gasteiger partial charge is 0.313 e. The summed E-state index contributed by atoms with van der Waals surface area (Å²) >= 11 is 1.23. The minimum absolute atomic E-state index is 0.0438. The Morgan fingerprint density at radius 1 is 1.53 bits per heavy atom. The lowest BCUT2D eigenvalue weighted by Crippen LogP contribution is -2.05. The molecule has 0 unspecified atom stereocenters. The molecule has 6 heteroatoms. The summed E-state index contributed by atoms with van der Waals surface area (Å²) in [5.74, 6) is 0.0531. The molecule has 0 spiro atoms. The first-order valence-electron chi connectivity index (χ1n) is 5.98. The van der Waals surface area contributed by atoms with Crippen LogP contribution in [0, 0.1) is 5.92 Å². The zero-order valence-electron chi connectivity index (χ0n) is 9.71. The number of hydrogen-bond acceptors (Lipinski definition) is 4. The summed E-state index contributed by atoms with van der Waals surface area (Å²) in [6, 6.07) is 0. The van der Waals surface area contributed by atoms with E-state index in [-0.39, 0.29) is 5.75 Å². The highest BCUT2D eigenvalue weighted by molar-refractivity contribution is 7.99. The highest BCUT2D eigenvalue weighted by Crippen LogP contribution is 2.28. The van der Waals surface area contributed by atoms with Gasteiger partial charge in [-0.2, -0.15) is 0 Å². The number of aryl methyl sites for hydroxylation is 1. The monoisotopic (exact) mass is 255 g/mol. The number of thioether (sulfide) groups is 1. The van der Waals surface area contributed by atoms with Gasteiger partial charge in [-0.25, -0.2) is 0 Å². The number of aromatic nitrogens is 3. The Morgan fingerprint density at radius 2 is 2.29 bits per heavy atom. The molecule has 1 saturated carbocycles. The molecule has 1 aliphatic rings. The molecule has 0 bridgehead atoms. The third-order valence-electron chi connectivity index (χ3n) is 3.16. The van der Waals surface area contributed by atoms with Crippen molar-refractivity contribution in [3.63, 3.8) is 0 Å². The molecule has 0 aromatic carbocycles. The molecule has 1 aromatic heterocycles. The molecule has 1 aliphatic carbocycles. The van der Waals surface area contributed by atoms with E-state index in [2.05, 4.69) is 10.2 Å². The molecule has 0 saturated heterocycles. The Bertz CT molecular complexity index is 375. The van der Waals surface area contributed by atoms with Crippen molar-refractivity contribution in [2.24, 2.45) is 5.92 Å². The van der Waals surface area contributed by atoms with E-state index < -0.39 is 5.97 Å². The molecule has 1 aromatic rings. The van der Waals surface area contributed by atoms with Gasteiger partial charge in [-0.1, -0.05) is 37.4 Å². The largest absolute Gasteiger partial charge is 0.481 e. The zero-order valence-corrected chi connectivity index (χ0v) is 10.5. The van der Waals surface area contributed by atoms with Crippen LogP contribution in [0.4, 0.5) is 0 Å². The van der Waals surface area contributed by atoms with Crippen LogP contribution in [0.5, 0.6) is 0 Å². The number of carbonyl (C=O) groups is 1. The van der Waals surface area contributed by atoms with E-state index in [4.69, 9.17) is 5.11 Å². The minimum atomic E-state index is -0.819. The SMILES string of the molecule is O=C(O)CSc1nncn1CCC1CCCC1. The Balaban J connectivity index is 1.82. The minimum Gasteiger partial charge on any atom is -0.481 e. The zero-order chi connectivity index (χ0) is 12.1. The van der Waals surface area contributed by atoms with Crippen LogP contribution in [0.15, 0.2) is 11.5 Å². The summed E-state index contributed by atoms with van der Waals surface area (Å²) in [6.45, 7) is 0.902. The maximum absolute atomic E-state index is 10.5. The second kappa shape index (κ2) is 6.05. The van der Waals surface area contributed by atoms with Crippen molar-refractivity contribution in [3.8, 4) is 0 Å². The molecule has 0 amide bonds. The first-order valence-corrected chi connectivity index (χ1v) is 6.96. The van der Waals surface area contributed by atoms with Crippen molar-refractivity contribution in [2.75, 3.05) is 5.75 Å². The second-order valence-corrected chi connectivity index (χ2v) is 5.37. The normalized spacial score (nSPS) is 16.5. The molecule has 1 N–H and O–H groups in total. The van der Waals surface area contributed by atoms with E-state index in [1.54, 1.807) is 6.33 Å². The van der Waals surface area contributed by atoms with E-state index >= 15 is 0 Å². The highest BCUT2D eigenvalue weighted by atomic mass is 32.2. The molecule has 1 heterocycles. The van der Waals surface area contributed by atoms with Gasteiger partial charge in [0.2, 0.25) is 0 Å². The number of aliphatic carboxylic acids is 1. The van der Waals surface area contributed by atoms with Gasteiger partial charge >= 0.3 is 5.97 Å². The highest BCUT2D eigenvalue weighted by Gasteiger charge is 2.15. The average molecular weight is 255 g/mol. The summed E-state index contributed by atoms with van der Waals surface area (Å²) in [5, 5.41) is 17.1. The molecule has 1 fully saturated rings. The van der Waals surface area contributed by atoms with Gasteiger partial charge in [-0.15, -0.1) is 10.2 Å². The summed E-state index contributed by atoms with van der Waals surface area (Å²) in [4.78, 5) is 10.5. The van der Waals surface area contributed by atoms with Gasteiger partial charge < -0.3 is 9.67 Å². The predicted molar refractivity (Wildman–Crippen MR) is 65.0 cm³/mol. The first kappa shape index (κ1) is 12.4. The van der Waals surface area contributed by atoms with Crippen LogP contribution in [0.25, 0.3) is 0 Å². The number of hydrogen-bond donors (Lipinski definition) is 1. The summed E-state index contributed by atoms with van der Waals surface area (Å²) in [7, 11) is 0. The molecule has 0 radical (unpaired) electrons. The van der Waals surface area contributed by atoms with Crippen molar-refractivity contribution in [2.45, 2.75) is 43.8 Å². The lowest BCUT2D eigenvalue weighted by Gasteiger charge is -2.10. The number of carboxylic acids is 1. The Morgan fingerprint density at radius 3 is 3.00 bits per heavy atom. The fourth-order valence-electron chi connectivity index (χ4n) is 2.26.